The SMILES string of the molecule is CNC(Cc1cncs1)CC1CCCCC1. The summed E-state index contributed by atoms with van der Waals surface area (Å²) >= 11 is 1.78. The lowest BCUT2D eigenvalue weighted by Crippen LogP contribution is -2.30. The van der Waals surface area contributed by atoms with Crippen LogP contribution in [0.5, 0.6) is 0 Å². The number of hydrogen-bond acceptors (Lipinski definition) is 3. The number of nitrogens with zero attached hydrogens (tertiary/aromatic N) is 1. The van der Waals surface area contributed by atoms with Gasteiger partial charge in [-0.15, -0.1) is 11.3 Å². The van der Waals surface area contributed by atoms with Crippen molar-refractivity contribution in [2.75, 3.05) is 7.05 Å². The fourth-order valence-corrected chi connectivity index (χ4v) is 3.39. The molecule has 90 valence electrons. The largest absolute Gasteiger partial charge is 0.317 e. The first kappa shape index (κ1) is 12.1. The molecule has 0 aliphatic heterocycles. The highest BCUT2D eigenvalue weighted by atomic mass is 32.1. The van der Waals surface area contributed by atoms with E-state index in [-0.39, 0.29) is 0 Å². The zero-order valence-electron chi connectivity index (χ0n) is 10.1. The smallest absolute Gasteiger partial charge is 0.0794 e. The summed E-state index contributed by atoms with van der Waals surface area (Å²) in [6.45, 7) is 0. The highest BCUT2D eigenvalue weighted by Gasteiger charge is 2.18. The van der Waals surface area contributed by atoms with Gasteiger partial charge in [0.1, 0.15) is 0 Å². The minimum absolute atomic E-state index is 0.642. The van der Waals surface area contributed by atoms with Crippen LogP contribution in [-0.4, -0.2) is 18.1 Å². The number of aromatic nitrogens is 1. The van der Waals surface area contributed by atoms with Crippen molar-refractivity contribution in [3.63, 3.8) is 0 Å². The summed E-state index contributed by atoms with van der Waals surface area (Å²) in [5, 5.41) is 3.47. The molecule has 0 saturated heterocycles. The second-order valence-electron chi connectivity index (χ2n) is 4.90. The van der Waals surface area contributed by atoms with E-state index >= 15 is 0 Å². The van der Waals surface area contributed by atoms with Crippen molar-refractivity contribution >= 4 is 11.3 Å². The standard InChI is InChI=1S/C13H22N2S/c1-14-12(8-13-9-15-10-16-13)7-11-5-3-2-4-6-11/h9-12,14H,2-8H2,1H3. The van der Waals surface area contributed by atoms with Gasteiger partial charge in [0.25, 0.3) is 0 Å². The van der Waals surface area contributed by atoms with E-state index < -0.39 is 0 Å². The molecule has 2 rings (SSSR count). The number of likely N-dealkylation sites (N-methyl/N-ethyl adjacent to an activating group) is 1. The number of nitrogens with one attached hydrogen (secondary N) is 1. The van der Waals surface area contributed by atoms with E-state index in [2.05, 4.69) is 17.3 Å². The topological polar surface area (TPSA) is 24.9 Å². The van der Waals surface area contributed by atoms with Gasteiger partial charge in [-0.2, -0.15) is 0 Å². The van der Waals surface area contributed by atoms with Gasteiger partial charge in [-0.25, -0.2) is 0 Å². The Morgan fingerprint density at radius 3 is 2.88 bits per heavy atom. The summed E-state index contributed by atoms with van der Waals surface area (Å²) in [5.74, 6) is 0.958. The van der Waals surface area contributed by atoms with Crippen LogP contribution < -0.4 is 5.32 Å². The molecule has 3 heteroatoms. The highest BCUT2D eigenvalue weighted by Crippen LogP contribution is 2.28. The molecule has 1 aromatic heterocycles. The lowest BCUT2D eigenvalue weighted by molar-refractivity contribution is 0.303. The molecule has 0 bridgehead atoms. The first-order valence-corrected chi connectivity index (χ1v) is 7.31. The lowest BCUT2D eigenvalue weighted by atomic mass is 9.84. The van der Waals surface area contributed by atoms with Gasteiger partial charge in [-0.1, -0.05) is 32.1 Å². The second-order valence-corrected chi connectivity index (χ2v) is 5.87. The van der Waals surface area contributed by atoms with E-state index in [1.165, 1.54) is 43.4 Å². The Balaban J connectivity index is 1.80. The number of thiazole rings is 1. The quantitative estimate of drug-likeness (QED) is 0.852. The van der Waals surface area contributed by atoms with Crippen LogP contribution in [0.4, 0.5) is 0 Å². The fraction of sp³-hybridized carbons (Fsp3) is 0.769. The number of hydrogen-bond donors (Lipinski definition) is 1. The van der Waals surface area contributed by atoms with Crippen molar-refractivity contribution < 1.29 is 0 Å². The number of rotatable bonds is 5. The van der Waals surface area contributed by atoms with E-state index in [0.717, 1.165) is 12.3 Å². The van der Waals surface area contributed by atoms with Crippen molar-refractivity contribution in [2.45, 2.75) is 51.0 Å². The average molecular weight is 238 g/mol. The lowest BCUT2D eigenvalue weighted by Gasteiger charge is -2.26. The van der Waals surface area contributed by atoms with E-state index in [1.54, 1.807) is 11.3 Å². The molecule has 1 N–H and O–H groups in total. The second kappa shape index (κ2) is 6.36. The van der Waals surface area contributed by atoms with Crippen LogP contribution in [0.15, 0.2) is 11.7 Å². The Bertz CT molecular complexity index is 278. The van der Waals surface area contributed by atoms with Crippen LogP contribution in [0.2, 0.25) is 0 Å². The van der Waals surface area contributed by atoms with Crippen LogP contribution >= 0.6 is 11.3 Å². The first-order valence-electron chi connectivity index (χ1n) is 6.43. The van der Waals surface area contributed by atoms with Crippen molar-refractivity contribution in [1.82, 2.24) is 10.3 Å². The Kier molecular flexibility index (Phi) is 4.79. The maximum absolute atomic E-state index is 4.15. The first-order chi connectivity index (χ1) is 7.88. The third-order valence-corrected chi connectivity index (χ3v) is 4.48. The molecule has 0 aromatic carbocycles. The minimum atomic E-state index is 0.642. The zero-order chi connectivity index (χ0) is 11.2. The van der Waals surface area contributed by atoms with Gasteiger partial charge in [0, 0.05) is 17.1 Å². The molecular formula is C13H22N2S. The molecule has 1 fully saturated rings. The summed E-state index contributed by atoms with van der Waals surface area (Å²) in [6.07, 6.45) is 11.7. The molecule has 1 heterocycles. The Morgan fingerprint density at radius 2 is 2.25 bits per heavy atom. The maximum atomic E-state index is 4.15. The highest BCUT2D eigenvalue weighted by molar-refractivity contribution is 7.09. The van der Waals surface area contributed by atoms with Crippen molar-refractivity contribution in [3.05, 3.63) is 16.6 Å². The molecule has 1 aromatic rings. The Labute approximate surface area is 102 Å². The van der Waals surface area contributed by atoms with E-state index in [0.29, 0.717) is 6.04 Å². The molecular weight excluding hydrogens is 216 g/mol. The van der Waals surface area contributed by atoms with Crippen LogP contribution in [0.3, 0.4) is 0 Å². The fourth-order valence-electron chi connectivity index (χ4n) is 2.71. The Morgan fingerprint density at radius 1 is 1.44 bits per heavy atom. The molecule has 2 nitrogen and oxygen atoms in total. The van der Waals surface area contributed by atoms with Crippen LogP contribution in [0.1, 0.15) is 43.4 Å². The van der Waals surface area contributed by atoms with Crippen LogP contribution in [-0.2, 0) is 6.42 Å². The molecule has 0 spiro atoms. The molecule has 0 radical (unpaired) electrons. The monoisotopic (exact) mass is 238 g/mol. The summed E-state index contributed by atoms with van der Waals surface area (Å²) in [6, 6.07) is 0.642. The minimum Gasteiger partial charge on any atom is -0.317 e. The van der Waals surface area contributed by atoms with Crippen molar-refractivity contribution in [2.24, 2.45) is 5.92 Å². The molecule has 0 amide bonds. The Hall–Kier alpha value is -0.410. The van der Waals surface area contributed by atoms with E-state index in [1.807, 2.05) is 11.7 Å². The van der Waals surface area contributed by atoms with E-state index in [9.17, 15) is 0 Å². The molecule has 1 atom stereocenters. The molecule has 1 unspecified atom stereocenters. The van der Waals surface area contributed by atoms with Crippen LogP contribution in [0, 0.1) is 5.92 Å². The van der Waals surface area contributed by atoms with Crippen molar-refractivity contribution in [1.29, 1.82) is 0 Å². The van der Waals surface area contributed by atoms with Gasteiger partial charge in [0.2, 0.25) is 0 Å². The predicted octanol–water partition coefficient (Wildman–Crippen LogP) is 3.24. The van der Waals surface area contributed by atoms with Gasteiger partial charge < -0.3 is 5.32 Å². The van der Waals surface area contributed by atoms with Gasteiger partial charge in [-0.3, -0.25) is 4.98 Å². The normalized spacial score (nSPS) is 19.8. The molecule has 1 aliphatic carbocycles. The third-order valence-electron chi connectivity index (χ3n) is 3.68. The van der Waals surface area contributed by atoms with Crippen LogP contribution in [0.25, 0.3) is 0 Å². The van der Waals surface area contributed by atoms with Gasteiger partial charge in [0.15, 0.2) is 0 Å². The van der Waals surface area contributed by atoms with Crippen molar-refractivity contribution in [3.8, 4) is 0 Å². The van der Waals surface area contributed by atoms with Gasteiger partial charge >= 0.3 is 0 Å². The molecule has 1 aliphatic rings. The summed E-state index contributed by atoms with van der Waals surface area (Å²) in [5.41, 5.74) is 1.93. The summed E-state index contributed by atoms with van der Waals surface area (Å²) in [4.78, 5) is 5.56. The summed E-state index contributed by atoms with van der Waals surface area (Å²) in [7, 11) is 2.09. The molecule has 16 heavy (non-hydrogen) atoms. The average Bonchev–Trinajstić information content (AvgIpc) is 2.82. The van der Waals surface area contributed by atoms with Gasteiger partial charge in [0.05, 0.1) is 5.51 Å². The predicted molar refractivity (Wildman–Crippen MR) is 69.9 cm³/mol. The third kappa shape index (κ3) is 3.56. The maximum Gasteiger partial charge on any atom is 0.0794 e. The van der Waals surface area contributed by atoms with Gasteiger partial charge in [-0.05, 0) is 25.8 Å². The van der Waals surface area contributed by atoms with E-state index in [4.69, 9.17) is 0 Å². The summed E-state index contributed by atoms with van der Waals surface area (Å²) < 4.78 is 0. The zero-order valence-corrected chi connectivity index (χ0v) is 10.9. The molecule has 1 saturated carbocycles.